The quantitative estimate of drug-likeness (QED) is 0.867. The van der Waals surface area contributed by atoms with Crippen molar-refractivity contribution in [3.8, 4) is 0 Å². The standard InChI is InChI=1S/C17H31N3O2/c1-4-18-16(22)20-10-5-8-17(13-20)9-6-15(21)19(12-17)11-7-14(2)3/h14H,4-13H2,1-3H3,(H,18,22). The average Bonchev–Trinajstić information content (AvgIpc) is 2.49. The topological polar surface area (TPSA) is 52.7 Å². The molecule has 2 aliphatic heterocycles. The van der Waals surface area contributed by atoms with Crippen LogP contribution in [-0.2, 0) is 4.79 Å². The summed E-state index contributed by atoms with van der Waals surface area (Å²) in [6.45, 7) is 10.3. The van der Waals surface area contributed by atoms with E-state index in [2.05, 4.69) is 19.2 Å². The number of nitrogens with one attached hydrogen (secondary N) is 1. The van der Waals surface area contributed by atoms with Crippen molar-refractivity contribution in [1.29, 1.82) is 0 Å². The van der Waals surface area contributed by atoms with Gasteiger partial charge in [-0.25, -0.2) is 4.79 Å². The first kappa shape index (κ1) is 17.1. The van der Waals surface area contributed by atoms with Crippen molar-refractivity contribution in [2.75, 3.05) is 32.7 Å². The molecule has 1 atom stereocenters. The van der Waals surface area contributed by atoms with Crippen molar-refractivity contribution in [3.63, 3.8) is 0 Å². The van der Waals surface area contributed by atoms with Crippen LogP contribution in [0.2, 0.25) is 0 Å². The van der Waals surface area contributed by atoms with Crippen molar-refractivity contribution < 1.29 is 9.59 Å². The van der Waals surface area contributed by atoms with Crippen molar-refractivity contribution in [1.82, 2.24) is 15.1 Å². The highest BCUT2D eigenvalue weighted by molar-refractivity contribution is 5.77. The van der Waals surface area contributed by atoms with E-state index in [1.165, 1.54) is 0 Å². The van der Waals surface area contributed by atoms with E-state index in [4.69, 9.17) is 0 Å². The smallest absolute Gasteiger partial charge is 0.317 e. The third-order valence-corrected chi connectivity index (χ3v) is 5.00. The van der Waals surface area contributed by atoms with Crippen LogP contribution < -0.4 is 5.32 Å². The lowest BCUT2D eigenvalue weighted by Gasteiger charge is -2.48. The Morgan fingerprint density at radius 3 is 2.77 bits per heavy atom. The highest BCUT2D eigenvalue weighted by atomic mass is 16.2. The van der Waals surface area contributed by atoms with Crippen LogP contribution in [0.5, 0.6) is 0 Å². The summed E-state index contributed by atoms with van der Waals surface area (Å²) in [4.78, 5) is 28.3. The Morgan fingerprint density at radius 1 is 1.32 bits per heavy atom. The van der Waals surface area contributed by atoms with Crippen LogP contribution in [0.1, 0.15) is 52.9 Å². The fourth-order valence-corrected chi connectivity index (χ4v) is 3.70. The van der Waals surface area contributed by atoms with Gasteiger partial charge in [0.1, 0.15) is 0 Å². The number of hydrogen-bond acceptors (Lipinski definition) is 2. The zero-order chi connectivity index (χ0) is 16.2. The predicted octanol–water partition coefficient (Wildman–Crippen LogP) is 2.47. The summed E-state index contributed by atoms with van der Waals surface area (Å²) in [7, 11) is 0. The number of likely N-dealkylation sites (tertiary alicyclic amines) is 2. The molecule has 2 heterocycles. The lowest BCUT2D eigenvalue weighted by atomic mass is 9.73. The minimum Gasteiger partial charge on any atom is -0.342 e. The molecule has 1 spiro atoms. The predicted molar refractivity (Wildman–Crippen MR) is 87.6 cm³/mol. The van der Waals surface area contributed by atoms with E-state index < -0.39 is 0 Å². The molecule has 1 unspecified atom stereocenters. The zero-order valence-corrected chi connectivity index (χ0v) is 14.4. The summed E-state index contributed by atoms with van der Waals surface area (Å²) in [6, 6.07) is 0.0483. The van der Waals surface area contributed by atoms with Gasteiger partial charge in [0.2, 0.25) is 5.91 Å². The van der Waals surface area contributed by atoms with E-state index in [1.54, 1.807) is 0 Å². The van der Waals surface area contributed by atoms with Crippen LogP contribution in [0.15, 0.2) is 0 Å². The maximum atomic E-state index is 12.2. The molecule has 0 radical (unpaired) electrons. The maximum absolute atomic E-state index is 12.2. The molecule has 0 aromatic heterocycles. The summed E-state index contributed by atoms with van der Waals surface area (Å²) in [5.41, 5.74) is 0.119. The first-order valence-corrected chi connectivity index (χ1v) is 8.76. The van der Waals surface area contributed by atoms with Crippen molar-refractivity contribution in [2.24, 2.45) is 11.3 Å². The summed E-state index contributed by atoms with van der Waals surface area (Å²) in [6.07, 6.45) is 4.81. The molecule has 2 fully saturated rings. The SMILES string of the molecule is CCNC(=O)N1CCCC2(CCC(=O)N(CCC(C)C)C2)C1. The first-order chi connectivity index (χ1) is 10.5. The zero-order valence-electron chi connectivity index (χ0n) is 14.4. The van der Waals surface area contributed by atoms with Gasteiger partial charge >= 0.3 is 6.03 Å². The number of nitrogens with zero attached hydrogens (tertiary/aromatic N) is 2. The Bertz CT molecular complexity index is 411. The van der Waals surface area contributed by atoms with Crippen molar-refractivity contribution in [3.05, 3.63) is 0 Å². The Hall–Kier alpha value is -1.26. The first-order valence-electron chi connectivity index (χ1n) is 8.76. The lowest BCUT2D eigenvalue weighted by molar-refractivity contribution is -0.139. The minimum atomic E-state index is 0.0483. The molecule has 0 aromatic rings. The Kier molecular flexibility index (Phi) is 5.70. The van der Waals surface area contributed by atoms with E-state index in [-0.39, 0.29) is 11.4 Å². The van der Waals surface area contributed by atoms with Gasteiger partial charge in [-0.2, -0.15) is 0 Å². The summed E-state index contributed by atoms with van der Waals surface area (Å²) in [5, 5.41) is 2.90. The van der Waals surface area contributed by atoms with Gasteiger partial charge in [-0.05, 0) is 38.5 Å². The van der Waals surface area contributed by atoms with Gasteiger partial charge in [-0.1, -0.05) is 13.8 Å². The van der Waals surface area contributed by atoms with Crippen LogP contribution in [0.4, 0.5) is 4.79 Å². The summed E-state index contributed by atoms with van der Waals surface area (Å²) in [5.74, 6) is 0.908. The molecule has 0 saturated carbocycles. The van der Waals surface area contributed by atoms with E-state index in [0.29, 0.717) is 24.8 Å². The van der Waals surface area contributed by atoms with Gasteiger partial charge in [0.05, 0.1) is 0 Å². The van der Waals surface area contributed by atoms with E-state index in [1.807, 2.05) is 16.7 Å². The second-order valence-electron chi connectivity index (χ2n) is 7.36. The fraction of sp³-hybridized carbons (Fsp3) is 0.882. The second kappa shape index (κ2) is 7.34. The van der Waals surface area contributed by atoms with E-state index >= 15 is 0 Å². The van der Waals surface area contributed by atoms with Gasteiger partial charge in [0.25, 0.3) is 0 Å². The average molecular weight is 309 g/mol. The Balaban J connectivity index is 1.99. The third-order valence-electron chi connectivity index (χ3n) is 5.00. The molecule has 1 N–H and O–H groups in total. The number of carbonyl (C=O) groups is 2. The van der Waals surface area contributed by atoms with Gasteiger partial charge in [-0.15, -0.1) is 0 Å². The molecule has 2 saturated heterocycles. The number of piperidine rings is 2. The van der Waals surface area contributed by atoms with Gasteiger partial charge in [0.15, 0.2) is 0 Å². The van der Waals surface area contributed by atoms with E-state index in [0.717, 1.165) is 51.9 Å². The van der Waals surface area contributed by atoms with Crippen LogP contribution in [-0.4, -0.2) is 54.5 Å². The summed E-state index contributed by atoms with van der Waals surface area (Å²) >= 11 is 0. The van der Waals surface area contributed by atoms with Gasteiger partial charge < -0.3 is 15.1 Å². The number of hydrogen-bond donors (Lipinski definition) is 1. The van der Waals surface area contributed by atoms with Crippen LogP contribution in [0.3, 0.4) is 0 Å². The molecule has 2 aliphatic rings. The molecule has 22 heavy (non-hydrogen) atoms. The largest absolute Gasteiger partial charge is 0.342 e. The molecule has 126 valence electrons. The van der Waals surface area contributed by atoms with Crippen molar-refractivity contribution >= 4 is 11.9 Å². The number of urea groups is 1. The van der Waals surface area contributed by atoms with Gasteiger partial charge in [0, 0.05) is 44.6 Å². The third kappa shape index (κ3) is 4.14. The van der Waals surface area contributed by atoms with Crippen LogP contribution in [0.25, 0.3) is 0 Å². The molecule has 2 rings (SSSR count). The molecular formula is C17H31N3O2. The molecule has 5 nitrogen and oxygen atoms in total. The molecule has 3 amide bonds. The molecule has 0 aromatic carbocycles. The molecule has 0 bridgehead atoms. The minimum absolute atomic E-state index is 0.0483. The van der Waals surface area contributed by atoms with Crippen LogP contribution >= 0.6 is 0 Å². The Labute approximate surface area is 134 Å². The maximum Gasteiger partial charge on any atom is 0.317 e. The monoisotopic (exact) mass is 309 g/mol. The number of carbonyl (C=O) groups excluding carboxylic acids is 2. The number of amides is 3. The molecular weight excluding hydrogens is 278 g/mol. The normalized spacial score (nSPS) is 25.9. The highest BCUT2D eigenvalue weighted by Gasteiger charge is 2.42. The van der Waals surface area contributed by atoms with Gasteiger partial charge in [-0.3, -0.25) is 4.79 Å². The van der Waals surface area contributed by atoms with E-state index in [9.17, 15) is 9.59 Å². The molecule has 0 aliphatic carbocycles. The summed E-state index contributed by atoms with van der Waals surface area (Å²) < 4.78 is 0. The molecule has 5 heteroatoms. The Morgan fingerprint density at radius 2 is 2.09 bits per heavy atom. The van der Waals surface area contributed by atoms with Crippen molar-refractivity contribution in [2.45, 2.75) is 52.9 Å². The second-order valence-corrected chi connectivity index (χ2v) is 7.36. The fourth-order valence-electron chi connectivity index (χ4n) is 3.70. The highest BCUT2D eigenvalue weighted by Crippen LogP contribution is 2.39. The van der Waals surface area contributed by atoms with Crippen LogP contribution in [0, 0.1) is 11.3 Å². The number of rotatable bonds is 4. The lowest BCUT2D eigenvalue weighted by Crippen LogP contribution is -2.56.